The lowest BCUT2D eigenvalue weighted by Gasteiger charge is -2.11. The average molecular weight is 393 g/mol. The molecule has 0 saturated carbocycles. The molecule has 6 heteroatoms. The topological polar surface area (TPSA) is 56.1 Å². The molecule has 4 rings (SSSR count). The van der Waals surface area contributed by atoms with E-state index in [0.29, 0.717) is 35.1 Å². The van der Waals surface area contributed by atoms with Gasteiger partial charge >= 0.3 is 0 Å². The molecule has 0 aliphatic carbocycles. The fraction of sp³-hybridized carbons (Fsp3) is 0.304. The minimum Gasteiger partial charge on any atom is -0.492 e. The second kappa shape index (κ2) is 8.47. The fourth-order valence-corrected chi connectivity index (χ4v) is 3.78. The number of nitrogens with zero attached hydrogens (tertiary/aromatic N) is 2. The molecule has 1 N–H and O–H groups in total. The highest BCUT2D eigenvalue weighted by molar-refractivity contribution is 6.05. The molecular weight excluding hydrogens is 369 g/mol. The van der Waals surface area contributed by atoms with Crippen LogP contribution in [0.25, 0.3) is 11.4 Å². The van der Waals surface area contributed by atoms with E-state index in [1.807, 2.05) is 37.3 Å². The van der Waals surface area contributed by atoms with Gasteiger partial charge in [0, 0.05) is 12.1 Å². The Morgan fingerprint density at radius 1 is 1.17 bits per heavy atom. The predicted octanol–water partition coefficient (Wildman–Crippen LogP) is 5.07. The van der Waals surface area contributed by atoms with Crippen molar-refractivity contribution in [2.24, 2.45) is 0 Å². The van der Waals surface area contributed by atoms with Gasteiger partial charge in [-0.25, -0.2) is 9.37 Å². The van der Waals surface area contributed by atoms with Crippen molar-refractivity contribution in [2.45, 2.75) is 39.2 Å². The van der Waals surface area contributed by atoms with Gasteiger partial charge in [0.15, 0.2) is 0 Å². The molecule has 1 aliphatic rings. The molecule has 29 heavy (non-hydrogen) atoms. The number of anilines is 1. The van der Waals surface area contributed by atoms with Crippen molar-refractivity contribution in [3.8, 4) is 17.1 Å². The summed E-state index contributed by atoms with van der Waals surface area (Å²) in [6.45, 7) is 3.19. The summed E-state index contributed by atoms with van der Waals surface area (Å²) in [5.74, 6) is 0.680. The lowest BCUT2D eigenvalue weighted by atomic mass is 10.1. The molecule has 5 nitrogen and oxygen atoms in total. The highest BCUT2D eigenvalue weighted by Crippen LogP contribution is 2.29. The predicted molar refractivity (Wildman–Crippen MR) is 111 cm³/mol. The summed E-state index contributed by atoms with van der Waals surface area (Å²) in [5, 5.41) is 2.94. The molecule has 0 spiro atoms. The lowest BCUT2D eigenvalue weighted by Crippen LogP contribution is -2.16. The first-order valence-electron chi connectivity index (χ1n) is 10.1. The number of ether oxygens (including phenoxy) is 1. The fourth-order valence-electron chi connectivity index (χ4n) is 3.78. The first kappa shape index (κ1) is 19.2. The van der Waals surface area contributed by atoms with E-state index in [4.69, 9.17) is 4.74 Å². The molecule has 0 atom stereocenters. The molecule has 3 aromatic rings. The van der Waals surface area contributed by atoms with Crippen LogP contribution in [-0.2, 0) is 13.0 Å². The van der Waals surface area contributed by atoms with Crippen molar-refractivity contribution in [1.82, 2.24) is 9.55 Å². The van der Waals surface area contributed by atoms with Crippen molar-refractivity contribution in [2.75, 3.05) is 11.9 Å². The number of halogens is 1. The van der Waals surface area contributed by atoms with Gasteiger partial charge in [-0.3, -0.25) is 4.79 Å². The number of hydrogen-bond donors (Lipinski definition) is 1. The van der Waals surface area contributed by atoms with Gasteiger partial charge in [0.1, 0.15) is 23.1 Å². The third-order valence-corrected chi connectivity index (χ3v) is 5.10. The summed E-state index contributed by atoms with van der Waals surface area (Å²) < 4.78 is 21.5. The number of amides is 1. The standard InChI is InChI=1S/C23H24FN3O2/c1-2-29-20-13-6-5-11-18(20)25-23(28)21-19-12-4-3-7-14-27(19)22(26-21)16-9-8-10-17(24)15-16/h5-6,8-11,13,15H,2-4,7,12,14H2,1H3,(H,25,28). The molecule has 0 bridgehead atoms. The molecule has 0 fully saturated rings. The Morgan fingerprint density at radius 2 is 2.03 bits per heavy atom. The number of benzene rings is 2. The van der Waals surface area contributed by atoms with Crippen molar-refractivity contribution in [3.63, 3.8) is 0 Å². The zero-order valence-electron chi connectivity index (χ0n) is 16.5. The number of carbonyl (C=O) groups excluding carboxylic acids is 1. The molecule has 2 aromatic carbocycles. The Bertz CT molecular complexity index is 1030. The molecule has 0 radical (unpaired) electrons. The van der Waals surface area contributed by atoms with Crippen LogP contribution in [-0.4, -0.2) is 22.1 Å². The molecule has 150 valence electrons. The van der Waals surface area contributed by atoms with Gasteiger partial charge in [0.2, 0.25) is 0 Å². The van der Waals surface area contributed by atoms with E-state index in [1.165, 1.54) is 12.1 Å². The summed E-state index contributed by atoms with van der Waals surface area (Å²) in [7, 11) is 0. The summed E-state index contributed by atoms with van der Waals surface area (Å²) in [4.78, 5) is 17.8. The number of nitrogens with one attached hydrogen (secondary N) is 1. The van der Waals surface area contributed by atoms with Gasteiger partial charge in [-0.1, -0.05) is 30.7 Å². The maximum atomic E-state index is 13.8. The van der Waals surface area contributed by atoms with Crippen LogP contribution in [0.4, 0.5) is 10.1 Å². The van der Waals surface area contributed by atoms with Crippen molar-refractivity contribution >= 4 is 11.6 Å². The van der Waals surface area contributed by atoms with Gasteiger partial charge < -0.3 is 14.6 Å². The summed E-state index contributed by atoms with van der Waals surface area (Å²) in [6, 6.07) is 13.7. The smallest absolute Gasteiger partial charge is 0.276 e. The zero-order chi connectivity index (χ0) is 20.2. The first-order valence-corrected chi connectivity index (χ1v) is 10.1. The second-order valence-corrected chi connectivity index (χ2v) is 7.09. The maximum Gasteiger partial charge on any atom is 0.276 e. The third kappa shape index (κ3) is 4.01. The minimum absolute atomic E-state index is 0.273. The van der Waals surface area contributed by atoms with Crippen LogP contribution in [0, 0.1) is 5.82 Å². The van der Waals surface area contributed by atoms with Crippen LogP contribution in [0.2, 0.25) is 0 Å². The second-order valence-electron chi connectivity index (χ2n) is 7.09. The van der Waals surface area contributed by atoms with E-state index in [1.54, 1.807) is 6.07 Å². The minimum atomic E-state index is -0.315. The zero-order valence-corrected chi connectivity index (χ0v) is 16.5. The maximum absolute atomic E-state index is 13.8. The Kier molecular flexibility index (Phi) is 5.60. The normalized spacial score (nSPS) is 13.4. The van der Waals surface area contributed by atoms with E-state index in [-0.39, 0.29) is 11.7 Å². The number of hydrogen-bond acceptors (Lipinski definition) is 3. The monoisotopic (exact) mass is 393 g/mol. The van der Waals surface area contributed by atoms with E-state index in [9.17, 15) is 9.18 Å². The van der Waals surface area contributed by atoms with Crippen LogP contribution in [0.5, 0.6) is 5.75 Å². The molecule has 1 amide bonds. The van der Waals surface area contributed by atoms with Crippen LogP contribution < -0.4 is 10.1 Å². The highest BCUT2D eigenvalue weighted by Gasteiger charge is 2.25. The largest absolute Gasteiger partial charge is 0.492 e. The van der Waals surface area contributed by atoms with Gasteiger partial charge in [0.25, 0.3) is 5.91 Å². The van der Waals surface area contributed by atoms with Crippen LogP contribution in [0.1, 0.15) is 42.4 Å². The number of imidazole rings is 1. The third-order valence-electron chi connectivity index (χ3n) is 5.10. The molecule has 0 saturated heterocycles. The summed E-state index contributed by atoms with van der Waals surface area (Å²) in [6.07, 6.45) is 3.89. The molecule has 1 aromatic heterocycles. The Morgan fingerprint density at radius 3 is 2.86 bits per heavy atom. The Labute approximate surface area is 169 Å². The average Bonchev–Trinajstić information content (AvgIpc) is 2.91. The van der Waals surface area contributed by atoms with Gasteiger partial charge in [-0.2, -0.15) is 0 Å². The Balaban J connectivity index is 1.73. The van der Waals surface area contributed by atoms with Crippen LogP contribution in [0.15, 0.2) is 48.5 Å². The summed E-state index contributed by atoms with van der Waals surface area (Å²) in [5.41, 5.74) is 2.61. The number of para-hydroxylation sites is 2. The lowest BCUT2D eigenvalue weighted by molar-refractivity contribution is 0.102. The Hall–Kier alpha value is -3.15. The molecule has 1 aliphatic heterocycles. The van der Waals surface area contributed by atoms with Crippen molar-refractivity contribution in [1.29, 1.82) is 0 Å². The van der Waals surface area contributed by atoms with Gasteiger partial charge in [0.05, 0.1) is 18.0 Å². The van der Waals surface area contributed by atoms with Crippen LogP contribution >= 0.6 is 0 Å². The van der Waals surface area contributed by atoms with Gasteiger partial charge in [-0.15, -0.1) is 0 Å². The number of carbonyl (C=O) groups is 1. The van der Waals surface area contributed by atoms with E-state index in [0.717, 1.165) is 37.9 Å². The first-order chi connectivity index (χ1) is 14.2. The van der Waals surface area contributed by atoms with E-state index >= 15 is 0 Å². The quantitative estimate of drug-likeness (QED) is 0.659. The molecule has 0 unspecified atom stereocenters. The number of fused-ring (bicyclic) bond motifs is 1. The van der Waals surface area contributed by atoms with E-state index < -0.39 is 0 Å². The highest BCUT2D eigenvalue weighted by atomic mass is 19.1. The molecular formula is C23H24FN3O2. The SMILES string of the molecule is CCOc1ccccc1NC(=O)c1nc(-c2cccc(F)c2)n2c1CCCCC2. The van der Waals surface area contributed by atoms with Gasteiger partial charge in [-0.05, 0) is 50.5 Å². The molecule has 2 heterocycles. The number of aromatic nitrogens is 2. The van der Waals surface area contributed by atoms with Crippen molar-refractivity contribution in [3.05, 3.63) is 65.7 Å². The number of rotatable bonds is 5. The van der Waals surface area contributed by atoms with E-state index in [2.05, 4.69) is 14.9 Å². The van der Waals surface area contributed by atoms with Crippen molar-refractivity contribution < 1.29 is 13.9 Å². The summed E-state index contributed by atoms with van der Waals surface area (Å²) >= 11 is 0. The van der Waals surface area contributed by atoms with Crippen LogP contribution in [0.3, 0.4) is 0 Å².